The first-order chi connectivity index (χ1) is 6.74. The molecule has 1 aromatic rings. The first-order valence-corrected chi connectivity index (χ1v) is 5.32. The van der Waals surface area contributed by atoms with Gasteiger partial charge in [0.15, 0.2) is 0 Å². The van der Waals surface area contributed by atoms with Crippen molar-refractivity contribution in [3.05, 3.63) is 30.1 Å². The number of rotatable bonds is 5. The van der Waals surface area contributed by atoms with Gasteiger partial charge in [-0.25, -0.2) is 0 Å². The molecule has 0 amide bonds. The lowest BCUT2D eigenvalue weighted by atomic mass is 9.96. The maximum absolute atomic E-state index is 9.58. The van der Waals surface area contributed by atoms with E-state index in [4.69, 9.17) is 0 Å². The van der Waals surface area contributed by atoms with Gasteiger partial charge in [-0.1, -0.05) is 19.9 Å². The molecule has 0 aliphatic rings. The molecule has 1 N–H and O–H groups in total. The third-order valence-electron chi connectivity index (χ3n) is 2.66. The number of hydrogen-bond acceptors (Lipinski definition) is 2. The molecule has 2 heteroatoms. The van der Waals surface area contributed by atoms with Crippen LogP contribution in [0.4, 0.5) is 0 Å². The summed E-state index contributed by atoms with van der Waals surface area (Å²) in [6.07, 6.45) is 4.45. The number of nitrogens with zero attached hydrogens (tertiary/aromatic N) is 1. The Morgan fingerprint density at radius 1 is 1.43 bits per heavy atom. The summed E-state index contributed by atoms with van der Waals surface area (Å²) in [5.74, 6) is 0.363. The maximum Gasteiger partial charge on any atom is 0.0563 e. The molecule has 0 aliphatic heterocycles. The number of aryl methyl sites for hydroxylation is 1. The van der Waals surface area contributed by atoms with Crippen LogP contribution in [0.3, 0.4) is 0 Å². The van der Waals surface area contributed by atoms with Gasteiger partial charge < -0.3 is 5.11 Å². The molecule has 2 atom stereocenters. The molecular formula is C12H19NO. The van der Waals surface area contributed by atoms with Crippen molar-refractivity contribution in [3.8, 4) is 0 Å². The predicted molar refractivity (Wildman–Crippen MR) is 58.0 cm³/mol. The summed E-state index contributed by atoms with van der Waals surface area (Å²) in [6, 6.07) is 5.96. The summed E-state index contributed by atoms with van der Waals surface area (Å²) >= 11 is 0. The van der Waals surface area contributed by atoms with Crippen LogP contribution >= 0.6 is 0 Å². The van der Waals surface area contributed by atoms with Crippen molar-refractivity contribution in [1.82, 2.24) is 4.98 Å². The summed E-state index contributed by atoms with van der Waals surface area (Å²) in [5, 5.41) is 9.58. The molecule has 2 nitrogen and oxygen atoms in total. The van der Waals surface area contributed by atoms with Crippen LogP contribution in [0, 0.1) is 5.92 Å². The monoisotopic (exact) mass is 193 g/mol. The largest absolute Gasteiger partial charge is 0.393 e. The molecule has 1 heterocycles. The summed E-state index contributed by atoms with van der Waals surface area (Å²) in [5.41, 5.74) is 1.11. The van der Waals surface area contributed by atoms with E-state index < -0.39 is 0 Å². The smallest absolute Gasteiger partial charge is 0.0563 e. The van der Waals surface area contributed by atoms with Gasteiger partial charge in [-0.05, 0) is 37.3 Å². The van der Waals surface area contributed by atoms with Gasteiger partial charge in [0.05, 0.1) is 6.10 Å². The highest BCUT2D eigenvalue weighted by Crippen LogP contribution is 2.13. The molecule has 0 saturated carbocycles. The van der Waals surface area contributed by atoms with Crippen LogP contribution in [0.15, 0.2) is 24.4 Å². The average Bonchev–Trinajstić information content (AvgIpc) is 2.26. The van der Waals surface area contributed by atoms with Gasteiger partial charge in [0, 0.05) is 11.9 Å². The van der Waals surface area contributed by atoms with E-state index in [2.05, 4.69) is 11.9 Å². The minimum Gasteiger partial charge on any atom is -0.393 e. The van der Waals surface area contributed by atoms with Gasteiger partial charge in [0.1, 0.15) is 0 Å². The number of pyridine rings is 1. The first-order valence-electron chi connectivity index (χ1n) is 5.32. The number of aliphatic hydroxyl groups is 1. The van der Waals surface area contributed by atoms with Gasteiger partial charge in [-0.15, -0.1) is 0 Å². The molecule has 0 spiro atoms. The average molecular weight is 193 g/mol. The molecule has 1 aromatic heterocycles. The molecule has 14 heavy (non-hydrogen) atoms. The Balaban J connectivity index is 2.34. The normalized spacial score (nSPS) is 15.1. The fourth-order valence-electron chi connectivity index (χ4n) is 1.52. The topological polar surface area (TPSA) is 33.1 Å². The molecular weight excluding hydrogens is 174 g/mol. The Hall–Kier alpha value is -0.890. The van der Waals surface area contributed by atoms with E-state index in [-0.39, 0.29) is 6.10 Å². The second kappa shape index (κ2) is 5.76. The zero-order valence-electron chi connectivity index (χ0n) is 8.98. The Morgan fingerprint density at radius 3 is 2.79 bits per heavy atom. The van der Waals surface area contributed by atoms with Crippen LogP contribution in [-0.4, -0.2) is 16.2 Å². The third-order valence-corrected chi connectivity index (χ3v) is 2.66. The summed E-state index contributed by atoms with van der Waals surface area (Å²) in [7, 11) is 0. The molecule has 1 rings (SSSR count). The van der Waals surface area contributed by atoms with Gasteiger partial charge in [-0.3, -0.25) is 4.98 Å². The van der Waals surface area contributed by atoms with Crippen LogP contribution in [0.5, 0.6) is 0 Å². The first kappa shape index (κ1) is 11.2. The molecule has 0 saturated heterocycles. The van der Waals surface area contributed by atoms with E-state index in [0.29, 0.717) is 5.92 Å². The minimum absolute atomic E-state index is 0.168. The summed E-state index contributed by atoms with van der Waals surface area (Å²) < 4.78 is 0. The van der Waals surface area contributed by atoms with Crippen LogP contribution in [0.25, 0.3) is 0 Å². The SMILES string of the molecule is CCC(O)C(C)CCc1ccccn1. The highest BCUT2D eigenvalue weighted by Gasteiger charge is 2.11. The Bertz CT molecular complexity index is 248. The molecule has 78 valence electrons. The molecule has 0 fully saturated rings. The highest BCUT2D eigenvalue weighted by atomic mass is 16.3. The Morgan fingerprint density at radius 2 is 2.21 bits per heavy atom. The predicted octanol–water partition coefficient (Wildman–Crippen LogP) is 2.42. The summed E-state index contributed by atoms with van der Waals surface area (Å²) in [6.45, 7) is 4.11. The highest BCUT2D eigenvalue weighted by molar-refractivity contribution is 5.03. The zero-order chi connectivity index (χ0) is 10.4. The van der Waals surface area contributed by atoms with E-state index in [1.54, 1.807) is 0 Å². The van der Waals surface area contributed by atoms with Crippen LogP contribution in [0.2, 0.25) is 0 Å². The standard InChI is InChI=1S/C12H19NO/c1-3-12(14)10(2)7-8-11-6-4-5-9-13-11/h4-6,9-10,12,14H,3,7-8H2,1-2H3. The number of aliphatic hydroxyl groups excluding tert-OH is 1. The van der Waals surface area contributed by atoms with Crippen LogP contribution in [-0.2, 0) is 6.42 Å². The van der Waals surface area contributed by atoms with Crippen molar-refractivity contribution in [1.29, 1.82) is 0 Å². The van der Waals surface area contributed by atoms with Gasteiger partial charge in [0.25, 0.3) is 0 Å². The molecule has 0 bridgehead atoms. The van der Waals surface area contributed by atoms with Crippen molar-refractivity contribution < 1.29 is 5.11 Å². The third kappa shape index (κ3) is 3.46. The molecule has 2 unspecified atom stereocenters. The second-order valence-corrected chi connectivity index (χ2v) is 3.81. The van der Waals surface area contributed by atoms with E-state index in [1.807, 2.05) is 31.3 Å². The van der Waals surface area contributed by atoms with Gasteiger partial charge in [-0.2, -0.15) is 0 Å². The van der Waals surface area contributed by atoms with E-state index in [9.17, 15) is 5.11 Å². The van der Waals surface area contributed by atoms with E-state index >= 15 is 0 Å². The lowest BCUT2D eigenvalue weighted by Crippen LogP contribution is -2.17. The van der Waals surface area contributed by atoms with Crippen LogP contribution in [0.1, 0.15) is 32.4 Å². The molecule has 0 aromatic carbocycles. The minimum atomic E-state index is -0.168. The number of aromatic nitrogens is 1. The quantitative estimate of drug-likeness (QED) is 0.779. The van der Waals surface area contributed by atoms with Crippen molar-refractivity contribution in [2.75, 3.05) is 0 Å². The van der Waals surface area contributed by atoms with E-state index in [1.165, 1.54) is 0 Å². The van der Waals surface area contributed by atoms with E-state index in [0.717, 1.165) is 25.0 Å². The summed E-state index contributed by atoms with van der Waals surface area (Å²) in [4.78, 5) is 4.25. The zero-order valence-corrected chi connectivity index (χ0v) is 8.98. The van der Waals surface area contributed by atoms with Crippen molar-refractivity contribution in [2.24, 2.45) is 5.92 Å². The fraction of sp³-hybridized carbons (Fsp3) is 0.583. The fourth-order valence-corrected chi connectivity index (χ4v) is 1.52. The lowest BCUT2D eigenvalue weighted by molar-refractivity contribution is 0.108. The Kier molecular flexibility index (Phi) is 4.60. The van der Waals surface area contributed by atoms with Crippen molar-refractivity contribution in [2.45, 2.75) is 39.2 Å². The Labute approximate surface area is 86.0 Å². The van der Waals surface area contributed by atoms with Crippen molar-refractivity contribution in [3.63, 3.8) is 0 Å². The number of hydrogen-bond donors (Lipinski definition) is 1. The second-order valence-electron chi connectivity index (χ2n) is 3.81. The lowest BCUT2D eigenvalue weighted by Gasteiger charge is -2.16. The maximum atomic E-state index is 9.58. The molecule has 0 aliphatic carbocycles. The van der Waals surface area contributed by atoms with Crippen LogP contribution < -0.4 is 0 Å². The molecule has 0 radical (unpaired) electrons. The van der Waals surface area contributed by atoms with Gasteiger partial charge in [0.2, 0.25) is 0 Å². The van der Waals surface area contributed by atoms with Gasteiger partial charge >= 0.3 is 0 Å². The van der Waals surface area contributed by atoms with Crippen molar-refractivity contribution >= 4 is 0 Å².